The minimum atomic E-state index is -0.712. The van der Waals surface area contributed by atoms with Crippen LogP contribution in [-0.4, -0.2) is 11.9 Å². The first-order chi connectivity index (χ1) is 17.9. The van der Waals surface area contributed by atoms with E-state index in [9.17, 15) is 14.4 Å². The van der Waals surface area contributed by atoms with Crippen LogP contribution in [0.2, 0.25) is 0 Å². The van der Waals surface area contributed by atoms with Gasteiger partial charge >= 0.3 is 11.9 Å². The number of nitrogens with two attached hydrogens (primary N) is 2. The average molecular weight is 492 g/mol. The maximum absolute atomic E-state index is 13.1. The Hall–Kier alpha value is -5.37. The van der Waals surface area contributed by atoms with Gasteiger partial charge in [-0.05, 0) is 54.6 Å². The van der Waals surface area contributed by atoms with Gasteiger partial charge in [-0.1, -0.05) is 30.3 Å². The predicted molar refractivity (Wildman–Crippen MR) is 140 cm³/mol. The third-order valence-electron chi connectivity index (χ3n) is 5.53. The zero-order valence-electron chi connectivity index (χ0n) is 19.3. The van der Waals surface area contributed by atoms with Crippen LogP contribution in [0, 0.1) is 0 Å². The highest BCUT2D eigenvalue weighted by Gasteiger charge is 2.19. The summed E-state index contributed by atoms with van der Waals surface area (Å²) in [6.45, 7) is 0. The van der Waals surface area contributed by atoms with Gasteiger partial charge in [0.1, 0.15) is 11.5 Å². The topological polar surface area (TPSA) is 135 Å². The number of esters is 2. The fourth-order valence-corrected chi connectivity index (χ4v) is 3.64. The van der Waals surface area contributed by atoms with Crippen LogP contribution < -0.4 is 26.4 Å². The summed E-state index contributed by atoms with van der Waals surface area (Å²) >= 11 is 0. The number of fused-ring (bicyclic) bond motifs is 1. The maximum Gasteiger partial charge on any atom is 0.343 e. The van der Waals surface area contributed by atoms with Crippen molar-refractivity contribution < 1.29 is 23.5 Å². The van der Waals surface area contributed by atoms with E-state index in [0.717, 1.165) is 0 Å². The standard InChI is InChI=1S/C29H20N2O6/c30-20-10-6-18(7-11-20)28(33)35-22-14-23-24(32)16-25(17-4-2-1-3-5-17)36-27(23)26(15-22)37-29(34)19-8-12-21(31)13-9-19/h1-16H,30-31H2. The molecule has 0 amide bonds. The molecule has 37 heavy (non-hydrogen) atoms. The molecule has 8 heteroatoms. The second-order valence-electron chi connectivity index (χ2n) is 8.16. The van der Waals surface area contributed by atoms with Crippen LogP contribution in [0.4, 0.5) is 11.4 Å². The molecule has 0 saturated carbocycles. The first kappa shape index (κ1) is 23.4. The van der Waals surface area contributed by atoms with E-state index in [4.69, 9.17) is 25.4 Å². The number of nitrogen functional groups attached to an aromatic ring is 2. The van der Waals surface area contributed by atoms with Crippen LogP contribution in [0.1, 0.15) is 20.7 Å². The number of rotatable bonds is 5. The Morgan fingerprint density at radius 3 is 1.84 bits per heavy atom. The predicted octanol–water partition coefficient (Wildman–Crippen LogP) is 5.06. The third kappa shape index (κ3) is 5.03. The first-order valence-electron chi connectivity index (χ1n) is 11.2. The van der Waals surface area contributed by atoms with Crippen molar-refractivity contribution in [1.82, 2.24) is 0 Å². The van der Waals surface area contributed by atoms with Crippen LogP contribution in [0.15, 0.2) is 106 Å². The molecular weight excluding hydrogens is 472 g/mol. The lowest BCUT2D eigenvalue weighted by Gasteiger charge is -2.12. The van der Waals surface area contributed by atoms with Crippen molar-refractivity contribution in [1.29, 1.82) is 0 Å². The van der Waals surface area contributed by atoms with E-state index in [1.807, 2.05) is 6.07 Å². The number of carbonyl (C=O) groups is 2. The van der Waals surface area contributed by atoms with Crippen molar-refractivity contribution in [2.24, 2.45) is 0 Å². The molecule has 182 valence electrons. The Bertz CT molecular complexity index is 1680. The Kier molecular flexibility index (Phi) is 6.13. The lowest BCUT2D eigenvalue weighted by molar-refractivity contribution is 0.0733. The highest BCUT2D eigenvalue weighted by molar-refractivity contribution is 5.96. The lowest BCUT2D eigenvalue weighted by Crippen LogP contribution is -2.12. The smallest absolute Gasteiger partial charge is 0.343 e. The van der Waals surface area contributed by atoms with Gasteiger partial charge in [0.2, 0.25) is 0 Å². The molecule has 0 unspecified atom stereocenters. The second-order valence-corrected chi connectivity index (χ2v) is 8.16. The van der Waals surface area contributed by atoms with E-state index in [-0.39, 0.29) is 39.4 Å². The molecule has 0 fully saturated rings. The number of ether oxygens (including phenoxy) is 2. The van der Waals surface area contributed by atoms with Gasteiger partial charge in [-0.15, -0.1) is 0 Å². The zero-order valence-corrected chi connectivity index (χ0v) is 19.3. The summed E-state index contributed by atoms with van der Waals surface area (Å²) in [6.07, 6.45) is 0. The molecule has 0 aliphatic carbocycles. The lowest BCUT2D eigenvalue weighted by atomic mass is 10.1. The van der Waals surface area contributed by atoms with E-state index < -0.39 is 17.4 Å². The Morgan fingerprint density at radius 1 is 0.676 bits per heavy atom. The van der Waals surface area contributed by atoms with Gasteiger partial charge in [-0.3, -0.25) is 4.79 Å². The van der Waals surface area contributed by atoms with Gasteiger partial charge in [-0.25, -0.2) is 9.59 Å². The molecule has 0 radical (unpaired) electrons. The molecule has 5 aromatic rings. The van der Waals surface area contributed by atoms with E-state index in [1.165, 1.54) is 42.5 Å². The summed E-state index contributed by atoms with van der Waals surface area (Å²) in [6, 6.07) is 25.3. The molecule has 1 heterocycles. The first-order valence-corrected chi connectivity index (χ1v) is 11.2. The Morgan fingerprint density at radius 2 is 1.24 bits per heavy atom. The number of benzene rings is 4. The highest BCUT2D eigenvalue weighted by atomic mass is 16.5. The SMILES string of the molecule is Nc1ccc(C(=O)Oc2cc(OC(=O)c3ccc(N)cc3)c3oc(-c4ccccc4)cc(=O)c3c2)cc1. The summed E-state index contributed by atoms with van der Waals surface area (Å²) in [5.74, 6) is -1.20. The Labute approximate surface area is 210 Å². The average Bonchev–Trinajstić information content (AvgIpc) is 2.90. The van der Waals surface area contributed by atoms with Crippen LogP contribution in [0.3, 0.4) is 0 Å². The summed E-state index contributed by atoms with van der Waals surface area (Å²) in [4.78, 5) is 38.7. The van der Waals surface area contributed by atoms with Crippen molar-refractivity contribution in [3.63, 3.8) is 0 Å². The fourth-order valence-electron chi connectivity index (χ4n) is 3.64. The third-order valence-corrected chi connectivity index (χ3v) is 5.53. The van der Waals surface area contributed by atoms with E-state index in [2.05, 4.69) is 0 Å². The Balaban J connectivity index is 1.59. The van der Waals surface area contributed by atoms with E-state index in [0.29, 0.717) is 16.9 Å². The molecule has 4 aromatic carbocycles. The number of hydrogen-bond acceptors (Lipinski definition) is 8. The maximum atomic E-state index is 13.1. The van der Waals surface area contributed by atoms with Crippen molar-refractivity contribution in [2.75, 3.05) is 11.5 Å². The minimum absolute atomic E-state index is 0.00538. The van der Waals surface area contributed by atoms with Crippen LogP contribution in [0.5, 0.6) is 11.5 Å². The molecule has 0 saturated heterocycles. The van der Waals surface area contributed by atoms with Crippen molar-refractivity contribution in [2.45, 2.75) is 0 Å². The molecule has 4 N–H and O–H groups in total. The van der Waals surface area contributed by atoms with Gasteiger partial charge in [0.05, 0.1) is 16.5 Å². The molecular formula is C29H20N2O6. The van der Waals surface area contributed by atoms with E-state index >= 15 is 0 Å². The molecule has 8 nitrogen and oxygen atoms in total. The summed E-state index contributed by atoms with van der Waals surface area (Å²) in [7, 11) is 0. The summed E-state index contributed by atoms with van der Waals surface area (Å²) in [5.41, 5.74) is 13.1. The fraction of sp³-hybridized carbons (Fsp3) is 0. The van der Waals surface area contributed by atoms with Gasteiger partial charge in [0, 0.05) is 29.1 Å². The monoisotopic (exact) mass is 492 g/mol. The molecule has 0 bridgehead atoms. The molecule has 0 spiro atoms. The van der Waals surface area contributed by atoms with Crippen molar-refractivity contribution >= 4 is 34.3 Å². The number of carbonyl (C=O) groups excluding carboxylic acids is 2. The molecule has 0 aliphatic heterocycles. The zero-order chi connectivity index (χ0) is 25.9. The normalized spacial score (nSPS) is 10.7. The summed E-state index contributed by atoms with van der Waals surface area (Å²) in [5, 5.41) is 0.0717. The largest absolute Gasteiger partial charge is 0.452 e. The van der Waals surface area contributed by atoms with Gasteiger partial charge in [-0.2, -0.15) is 0 Å². The van der Waals surface area contributed by atoms with Gasteiger partial charge in [0.15, 0.2) is 16.8 Å². The molecule has 5 rings (SSSR count). The highest BCUT2D eigenvalue weighted by Crippen LogP contribution is 2.33. The number of hydrogen-bond donors (Lipinski definition) is 2. The second kappa shape index (κ2) is 9.71. The molecule has 1 aromatic heterocycles. The molecule has 0 atom stereocenters. The van der Waals surface area contributed by atoms with E-state index in [1.54, 1.807) is 48.5 Å². The van der Waals surface area contributed by atoms with Crippen LogP contribution in [0.25, 0.3) is 22.3 Å². The minimum Gasteiger partial charge on any atom is -0.452 e. The summed E-state index contributed by atoms with van der Waals surface area (Å²) < 4.78 is 17.1. The van der Waals surface area contributed by atoms with Gasteiger partial charge in [0.25, 0.3) is 0 Å². The van der Waals surface area contributed by atoms with Gasteiger partial charge < -0.3 is 25.4 Å². The van der Waals surface area contributed by atoms with Crippen LogP contribution >= 0.6 is 0 Å². The van der Waals surface area contributed by atoms with Crippen molar-refractivity contribution in [3.8, 4) is 22.8 Å². The van der Waals surface area contributed by atoms with Crippen LogP contribution in [-0.2, 0) is 0 Å². The quantitative estimate of drug-likeness (QED) is 0.197. The molecule has 0 aliphatic rings. The van der Waals surface area contributed by atoms with Crippen molar-refractivity contribution in [3.05, 3.63) is 118 Å². The number of anilines is 2.